The van der Waals surface area contributed by atoms with E-state index in [9.17, 15) is 19.2 Å². The van der Waals surface area contributed by atoms with E-state index in [1.54, 1.807) is 24.3 Å². The molecule has 1 fully saturated rings. The molecule has 6 nitrogen and oxygen atoms in total. The summed E-state index contributed by atoms with van der Waals surface area (Å²) in [7, 11) is 0. The molecule has 0 saturated carbocycles. The normalized spacial score (nSPS) is 14.6. The third-order valence-electron chi connectivity index (χ3n) is 5.81. The van der Waals surface area contributed by atoms with Crippen LogP contribution in [0.1, 0.15) is 22.3 Å². The molecule has 0 radical (unpaired) electrons. The summed E-state index contributed by atoms with van der Waals surface area (Å²) in [4.78, 5) is 26.5. The van der Waals surface area contributed by atoms with E-state index in [-0.39, 0.29) is 18.1 Å². The topological polar surface area (TPSA) is 78.1 Å². The fourth-order valence-electron chi connectivity index (χ4n) is 4.11. The Hall–Kier alpha value is -4.70. The lowest BCUT2D eigenvalue weighted by Crippen LogP contribution is -2.30. The van der Waals surface area contributed by atoms with Crippen LogP contribution in [0.5, 0.6) is 0 Å². The molecule has 2 heterocycles. The van der Waals surface area contributed by atoms with Gasteiger partial charge in [-0.1, -0.05) is 48.5 Å². The molecule has 1 aliphatic rings. The summed E-state index contributed by atoms with van der Waals surface area (Å²) in [6, 6.07) is 22.6. The van der Waals surface area contributed by atoms with Gasteiger partial charge < -0.3 is 9.88 Å². The van der Waals surface area contributed by atoms with E-state index in [4.69, 9.17) is 0 Å². The van der Waals surface area contributed by atoms with Crippen molar-refractivity contribution in [2.45, 2.75) is 13.1 Å². The largest absolute Gasteiger partial charge is 0.342 e. The number of para-hydroxylation sites is 1. The number of fused-ring (bicyclic) bond motifs is 1. The van der Waals surface area contributed by atoms with Gasteiger partial charge in [-0.05, 0) is 41.5 Å². The number of hydrogen-bond donors (Lipinski definition) is 1. The third kappa shape index (κ3) is 3.93. The van der Waals surface area contributed by atoms with E-state index in [0.29, 0.717) is 17.7 Å². The average Bonchev–Trinajstić information content (AvgIpc) is 3.33. The number of halogens is 1. The lowest BCUT2D eigenvalue weighted by atomic mass is 10.1. The van der Waals surface area contributed by atoms with Gasteiger partial charge >= 0.3 is 6.03 Å². The molecular weight excluding hydrogens is 431 g/mol. The number of nitrogens with zero attached hydrogens (tertiary/aromatic N) is 3. The number of carbonyl (C=O) groups excluding carboxylic acids is 2. The SMILES string of the molecule is N#Cc1ccccc1Cn1cc(/C=C2/NC(=O)N(Cc3ccc(F)cc3)C2=O)c2ccccc21. The zero-order chi connectivity index (χ0) is 23.7. The van der Waals surface area contributed by atoms with E-state index >= 15 is 0 Å². The molecule has 7 heteroatoms. The van der Waals surface area contributed by atoms with Gasteiger partial charge in [-0.15, -0.1) is 0 Å². The second-order valence-electron chi connectivity index (χ2n) is 8.00. The molecule has 5 rings (SSSR count). The van der Waals surface area contributed by atoms with Crippen LogP contribution in [0.4, 0.5) is 9.18 Å². The smallest absolute Gasteiger partial charge is 0.329 e. The monoisotopic (exact) mass is 450 g/mol. The van der Waals surface area contributed by atoms with Gasteiger partial charge in [0.1, 0.15) is 11.5 Å². The molecule has 1 aromatic heterocycles. The van der Waals surface area contributed by atoms with Crippen molar-refractivity contribution in [3.63, 3.8) is 0 Å². The van der Waals surface area contributed by atoms with E-state index in [0.717, 1.165) is 26.9 Å². The van der Waals surface area contributed by atoms with Gasteiger partial charge in [0, 0.05) is 29.2 Å². The number of nitriles is 1. The molecule has 1 N–H and O–H groups in total. The van der Waals surface area contributed by atoms with Crippen molar-refractivity contribution < 1.29 is 14.0 Å². The van der Waals surface area contributed by atoms with Crippen molar-refractivity contribution in [2.75, 3.05) is 0 Å². The van der Waals surface area contributed by atoms with Crippen molar-refractivity contribution in [3.05, 3.63) is 113 Å². The molecule has 1 saturated heterocycles. The standard InChI is InChI=1S/C27H19FN4O2/c28-22-11-9-18(10-12-22)15-32-26(33)24(30-27(32)34)13-21-17-31(25-8-4-3-7-23(21)25)16-20-6-2-1-5-19(20)14-29/h1-13,17H,15-16H2,(H,30,34)/b24-13+. The Balaban J connectivity index is 1.47. The summed E-state index contributed by atoms with van der Waals surface area (Å²) in [6.07, 6.45) is 3.58. The van der Waals surface area contributed by atoms with Crippen LogP contribution in [0.25, 0.3) is 17.0 Å². The first-order valence-electron chi connectivity index (χ1n) is 10.7. The Morgan fingerprint density at radius 3 is 2.47 bits per heavy atom. The molecule has 4 aromatic rings. The Bertz CT molecular complexity index is 1500. The van der Waals surface area contributed by atoms with Gasteiger partial charge in [-0.2, -0.15) is 5.26 Å². The summed E-state index contributed by atoms with van der Waals surface area (Å²) in [5, 5.41) is 13.0. The highest BCUT2D eigenvalue weighted by atomic mass is 19.1. The summed E-state index contributed by atoms with van der Waals surface area (Å²) >= 11 is 0. The quantitative estimate of drug-likeness (QED) is 0.351. The minimum Gasteiger partial charge on any atom is -0.342 e. The molecule has 0 spiro atoms. The average molecular weight is 450 g/mol. The van der Waals surface area contributed by atoms with Crippen LogP contribution in [-0.2, 0) is 17.9 Å². The van der Waals surface area contributed by atoms with Crippen LogP contribution in [0, 0.1) is 17.1 Å². The van der Waals surface area contributed by atoms with Gasteiger partial charge in [0.15, 0.2) is 0 Å². The zero-order valence-corrected chi connectivity index (χ0v) is 18.0. The number of aromatic nitrogens is 1. The predicted molar refractivity (Wildman–Crippen MR) is 126 cm³/mol. The lowest BCUT2D eigenvalue weighted by Gasteiger charge is -2.11. The Labute approximate surface area is 195 Å². The Morgan fingerprint density at radius 1 is 0.941 bits per heavy atom. The summed E-state index contributed by atoms with van der Waals surface area (Å²) in [5.74, 6) is -0.823. The maximum absolute atomic E-state index is 13.2. The number of carbonyl (C=O) groups is 2. The molecule has 3 aromatic carbocycles. The molecule has 0 aliphatic carbocycles. The maximum Gasteiger partial charge on any atom is 0.329 e. The van der Waals surface area contributed by atoms with Gasteiger partial charge in [-0.25, -0.2) is 9.18 Å². The van der Waals surface area contributed by atoms with Crippen LogP contribution >= 0.6 is 0 Å². The van der Waals surface area contributed by atoms with Gasteiger partial charge in [0.05, 0.1) is 18.2 Å². The highest BCUT2D eigenvalue weighted by Crippen LogP contribution is 2.26. The van der Waals surface area contributed by atoms with Crippen LogP contribution in [-0.4, -0.2) is 21.4 Å². The van der Waals surface area contributed by atoms with Crippen molar-refractivity contribution in [1.82, 2.24) is 14.8 Å². The molecule has 166 valence electrons. The fourth-order valence-corrected chi connectivity index (χ4v) is 4.11. The second-order valence-corrected chi connectivity index (χ2v) is 8.00. The number of benzene rings is 3. The number of nitrogens with one attached hydrogen (secondary N) is 1. The first-order chi connectivity index (χ1) is 16.5. The van der Waals surface area contributed by atoms with Gasteiger partial charge in [0.2, 0.25) is 0 Å². The van der Waals surface area contributed by atoms with Crippen LogP contribution in [0.15, 0.2) is 84.7 Å². The van der Waals surface area contributed by atoms with Gasteiger partial charge in [-0.3, -0.25) is 9.69 Å². The second kappa shape index (κ2) is 8.68. The first kappa shape index (κ1) is 21.2. The number of amides is 3. The summed E-state index contributed by atoms with van der Waals surface area (Å²) < 4.78 is 15.2. The van der Waals surface area contributed by atoms with Crippen molar-refractivity contribution in [2.24, 2.45) is 0 Å². The highest BCUT2D eigenvalue weighted by molar-refractivity contribution is 6.14. The van der Waals surface area contributed by atoms with Crippen molar-refractivity contribution in [3.8, 4) is 6.07 Å². The summed E-state index contributed by atoms with van der Waals surface area (Å²) in [6.45, 7) is 0.541. The Morgan fingerprint density at radius 2 is 1.68 bits per heavy atom. The van der Waals surface area contributed by atoms with E-state index in [1.807, 2.05) is 53.2 Å². The minimum atomic E-state index is -0.521. The number of imide groups is 1. The number of rotatable bonds is 5. The molecule has 0 atom stereocenters. The van der Waals surface area contributed by atoms with E-state index in [1.165, 1.54) is 12.1 Å². The molecule has 34 heavy (non-hydrogen) atoms. The van der Waals surface area contributed by atoms with Crippen LogP contribution < -0.4 is 5.32 Å². The van der Waals surface area contributed by atoms with Crippen molar-refractivity contribution in [1.29, 1.82) is 5.26 Å². The zero-order valence-electron chi connectivity index (χ0n) is 18.0. The maximum atomic E-state index is 13.2. The summed E-state index contributed by atoms with van der Waals surface area (Å²) in [5.41, 5.74) is 4.04. The van der Waals surface area contributed by atoms with Crippen LogP contribution in [0.2, 0.25) is 0 Å². The van der Waals surface area contributed by atoms with Gasteiger partial charge in [0.25, 0.3) is 5.91 Å². The Kier molecular flexibility index (Phi) is 5.40. The molecule has 3 amide bonds. The van der Waals surface area contributed by atoms with Crippen LogP contribution in [0.3, 0.4) is 0 Å². The predicted octanol–water partition coefficient (Wildman–Crippen LogP) is 4.79. The molecule has 0 unspecified atom stereocenters. The highest BCUT2D eigenvalue weighted by Gasteiger charge is 2.33. The van der Waals surface area contributed by atoms with E-state index < -0.39 is 11.9 Å². The molecular formula is C27H19FN4O2. The fraction of sp³-hybridized carbons (Fsp3) is 0.0741. The third-order valence-corrected chi connectivity index (χ3v) is 5.81. The van der Waals surface area contributed by atoms with Crippen molar-refractivity contribution >= 4 is 28.9 Å². The number of hydrogen-bond acceptors (Lipinski definition) is 3. The molecule has 0 bridgehead atoms. The lowest BCUT2D eigenvalue weighted by molar-refractivity contribution is -0.123. The molecule has 1 aliphatic heterocycles. The van der Waals surface area contributed by atoms with E-state index in [2.05, 4.69) is 11.4 Å². The first-order valence-corrected chi connectivity index (χ1v) is 10.7. The minimum absolute atomic E-state index is 0.0506. The number of urea groups is 1.